The highest BCUT2D eigenvalue weighted by Crippen LogP contribution is 2.27. The summed E-state index contributed by atoms with van der Waals surface area (Å²) in [5.74, 6) is -0.182. The number of rotatable bonds is 3. The Bertz CT molecular complexity index is 615. The first-order chi connectivity index (χ1) is 9.99. The standard InChI is InChI=1S/C15H17F3N2O/c16-15(17,18)21-13-4-5-14-11(9-13)8-12(19-14)10-20-6-2-1-3-7-20/h4-5,8-9,19H,1-3,6-7,10H2. The van der Waals surface area contributed by atoms with E-state index in [1.165, 1.54) is 31.4 Å². The molecule has 1 fully saturated rings. The first-order valence-electron chi connectivity index (χ1n) is 7.09. The van der Waals surface area contributed by atoms with Crippen molar-refractivity contribution in [1.29, 1.82) is 0 Å². The molecule has 1 aliphatic rings. The van der Waals surface area contributed by atoms with E-state index in [1.54, 1.807) is 6.07 Å². The SMILES string of the molecule is FC(F)(F)Oc1ccc2[nH]c(CN3CCCCC3)cc2c1. The lowest BCUT2D eigenvalue weighted by atomic mass is 10.1. The highest BCUT2D eigenvalue weighted by Gasteiger charge is 2.31. The molecule has 2 heterocycles. The second-order valence-corrected chi connectivity index (χ2v) is 5.43. The number of ether oxygens (including phenoxy) is 1. The highest BCUT2D eigenvalue weighted by atomic mass is 19.4. The number of aromatic nitrogens is 1. The fourth-order valence-electron chi connectivity index (χ4n) is 2.81. The van der Waals surface area contributed by atoms with Crippen LogP contribution < -0.4 is 4.74 Å². The topological polar surface area (TPSA) is 28.3 Å². The lowest BCUT2D eigenvalue weighted by Gasteiger charge is -2.25. The molecule has 0 aliphatic carbocycles. The van der Waals surface area contributed by atoms with Crippen LogP contribution in [-0.2, 0) is 6.54 Å². The van der Waals surface area contributed by atoms with Gasteiger partial charge in [-0.25, -0.2) is 0 Å². The molecule has 114 valence electrons. The fraction of sp³-hybridized carbons (Fsp3) is 0.467. The number of fused-ring (bicyclic) bond motifs is 1. The average Bonchev–Trinajstić information content (AvgIpc) is 2.79. The van der Waals surface area contributed by atoms with E-state index in [1.807, 2.05) is 6.07 Å². The van der Waals surface area contributed by atoms with Crippen LogP contribution >= 0.6 is 0 Å². The van der Waals surface area contributed by atoms with E-state index in [0.29, 0.717) is 0 Å². The normalized spacial score (nSPS) is 17.3. The number of H-pyrrole nitrogens is 1. The molecule has 2 aromatic rings. The summed E-state index contributed by atoms with van der Waals surface area (Å²) >= 11 is 0. The first-order valence-corrected chi connectivity index (χ1v) is 7.09. The number of aromatic amines is 1. The van der Waals surface area contributed by atoms with Gasteiger partial charge in [0.15, 0.2) is 0 Å². The molecule has 1 saturated heterocycles. The molecule has 0 atom stereocenters. The summed E-state index contributed by atoms with van der Waals surface area (Å²) in [6.07, 6.45) is -0.949. The molecule has 0 saturated carbocycles. The maximum absolute atomic E-state index is 12.2. The fourth-order valence-corrected chi connectivity index (χ4v) is 2.81. The van der Waals surface area contributed by atoms with Crippen LogP contribution in [0.15, 0.2) is 24.3 Å². The van der Waals surface area contributed by atoms with Crippen LogP contribution in [0.1, 0.15) is 25.0 Å². The Labute approximate surface area is 120 Å². The van der Waals surface area contributed by atoms with E-state index in [-0.39, 0.29) is 5.75 Å². The second-order valence-electron chi connectivity index (χ2n) is 5.43. The highest BCUT2D eigenvalue weighted by molar-refractivity contribution is 5.81. The van der Waals surface area contributed by atoms with Crippen LogP contribution in [0.2, 0.25) is 0 Å². The molecule has 0 amide bonds. The number of nitrogens with one attached hydrogen (secondary N) is 1. The number of piperidine rings is 1. The molecule has 1 aliphatic heterocycles. The van der Waals surface area contributed by atoms with Crippen LogP contribution in [0.5, 0.6) is 5.75 Å². The summed E-state index contributed by atoms with van der Waals surface area (Å²) in [5, 5.41) is 0.740. The van der Waals surface area contributed by atoms with Gasteiger partial charge in [0.25, 0.3) is 0 Å². The molecule has 0 bridgehead atoms. The van der Waals surface area contributed by atoms with E-state index in [9.17, 15) is 13.2 Å². The number of hydrogen-bond donors (Lipinski definition) is 1. The van der Waals surface area contributed by atoms with Crippen LogP contribution in [0.3, 0.4) is 0 Å². The summed E-state index contributed by atoms with van der Waals surface area (Å²) in [5.41, 5.74) is 1.85. The van der Waals surface area contributed by atoms with Gasteiger partial charge in [-0.2, -0.15) is 0 Å². The van der Waals surface area contributed by atoms with E-state index in [0.717, 1.165) is 36.2 Å². The van der Waals surface area contributed by atoms with Gasteiger partial charge in [-0.05, 0) is 50.2 Å². The summed E-state index contributed by atoms with van der Waals surface area (Å²) in [6, 6.07) is 6.26. The van der Waals surface area contributed by atoms with Crippen molar-refractivity contribution in [3.05, 3.63) is 30.0 Å². The smallest absolute Gasteiger partial charge is 0.406 e. The Balaban J connectivity index is 1.76. The lowest BCUT2D eigenvalue weighted by molar-refractivity contribution is -0.274. The Kier molecular flexibility index (Phi) is 3.80. The van der Waals surface area contributed by atoms with Gasteiger partial charge >= 0.3 is 6.36 Å². The van der Waals surface area contributed by atoms with Crippen molar-refractivity contribution in [2.75, 3.05) is 13.1 Å². The Hall–Kier alpha value is -1.69. The van der Waals surface area contributed by atoms with Gasteiger partial charge in [-0.15, -0.1) is 13.2 Å². The third kappa shape index (κ3) is 3.69. The van der Waals surface area contributed by atoms with Crippen LogP contribution in [0, 0.1) is 0 Å². The van der Waals surface area contributed by atoms with E-state index in [2.05, 4.69) is 14.6 Å². The van der Waals surface area contributed by atoms with Gasteiger partial charge in [-0.1, -0.05) is 6.42 Å². The molecule has 1 aromatic carbocycles. The number of nitrogens with zero attached hydrogens (tertiary/aromatic N) is 1. The van der Waals surface area contributed by atoms with Crippen LogP contribution in [0.4, 0.5) is 13.2 Å². The van der Waals surface area contributed by atoms with Gasteiger partial charge in [-0.3, -0.25) is 4.90 Å². The second kappa shape index (κ2) is 5.60. The van der Waals surface area contributed by atoms with E-state index in [4.69, 9.17) is 0 Å². The lowest BCUT2D eigenvalue weighted by Crippen LogP contribution is -2.29. The Morgan fingerprint density at radius 3 is 2.57 bits per heavy atom. The largest absolute Gasteiger partial charge is 0.573 e. The molecule has 1 N–H and O–H groups in total. The van der Waals surface area contributed by atoms with E-state index >= 15 is 0 Å². The molecule has 6 heteroatoms. The van der Waals surface area contributed by atoms with E-state index < -0.39 is 6.36 Å². The zero-order valence-electron chi connectivity index (χ0n) is 11.5. The summed E-state index contributed by atoms with van der Waals surface area (Å²) in [6.45, 7) is 2.97. The minimum absolute atomic E-state index is 0.182. The minimum Gasteiger partial charge on any atom is -0.406 e. The van der Waals surface area contributed by atoms with Crippen molar-refractivity contribution in [2.45, 2.75) is 32.2 Å². The van der Waals surface area contributed by atoms with Crippen molar-refractivity contribution < 1.29 is 17.9 Å². The maximum Gasteiger partial charge on any atom is 0.573 e. The van der Waals surface area contributed by atoms with Crippen molar-refractivity contribution in [1.82, 2.24) is 9.88 Å². The molecule has 1 aromatic heterocycles. The number of alkyl halides is 3. The third-order valence-corrected chi connectivity index (χ3v) is 3.72. The average molecular weight is 298 g/mol. The summed E-state index contributed by atoms with van der Waals surface area (Å²) < 4.78 is 40.6. The summed E-state index contributed by atoms with van der Waals surface area (Å²) in [4.78, 5) is 5.62. The van der Waals surface area contributed by atoms with Gasteiger partial charge in [0.05, 0.1) is 0 Å². The predicted octanol–water partition coefficient (Wildman–Crippen LogP) is 4.05. The molecular formula is C15H17F3N2O. The molecular weight excluding hydrogens is 281 g/mol. The first kappa shape index (κ1) is 14.3. The van der Waals surface area contributed by atoms with Crippen molar-refractivity contribution in [2.24, 2.45) is 0 Å². The van der Waals surface area contributed by atoms with Gasteiger partial charge < -0.3 is 9.72 Å². The minimum atomic E-state index is -4.65. The number of likely N-dealkylation sites (tertiary alicyclic amines) is 1. The number of benzene rings is 1. The number of hydrogen-bond acceptors (Lipinski definition) is 2. The Morgan fingerprint density at radius 2 is 1.86 bits per heavy atom. The quantitative estimate of drug-likeness (QED) is 0.926. The third-order valence-electron chi connectivity index (χ3n) is 3.72. The monoisotopic (exact) mass is 298 g/mol. The van der Waals surface area contributed by atoms with Crippen LogP contribution in [0.25, 0.3) is 10.9 Å². The molecule has 0 radical (unpaired) electrons. The molecule has 0 spiro atoms. The van der Waals surface area contributed by atoms with Crippen molar-refractivity contribution in [3.63, 3.8) is 0 Å². The molecule has 21 heavy (non-hydrogen) atoms. The van der Waals surface area contributed by atoms with Crippen LogP contribution in [-0.4, -0.2) is 29.3 Å². The van der Waals surface area contributed by atoms with Gasteiger partial charge in [0.1, 0.15) is 5.75 Å². The predicted molar refractivity (Wildman–Crippen MR) is 74.1 cm³/mol. The van der Waals surface area contributed by atoms with Crippen molar-refractivity contribution >= 4 is 10.9 Å². The maximum atomic E-state index is 12.2. The van der Waals surface area contributed by atoms with Gasteiger partial charge in [0, 0.05) is 23.1 Å². The zero-order valence-corrected chi connectivity index (χ0v) is 11.5. The molecule has 0 unspecified atom stereocenters. The Morgan fingerprint density at radius 1 is 1.10 bits per heavy atom. The van der Waals surface area contributed by atoms with Gasteiger partial charge in [0.2, 0.25) is 0 Å². The summed E-state index contributed by atoms with van der Waals surface area (Å²) in [7, 11) is 0. The van der Waals surface area contributed by atoms with Crippen molar-refractivity contribution in [3.8, 4) is 5.75 Å². The molecule has 3 nitrogen and oxygen atoms in total. The molecule has 3 rings (SSSR count). The zero-order chi connectivity index (χ0) is 14.9. The number of halogens is 3.